The maximum Gasteiger partial charge on any atom is 0.358 e. The number of ether oxygens (including phenoxy) is 1. The van der Waals surface area contributed by atoms with E-state index in [9.17, 15) is 13.2 Å². The second-order valence-electron chi connectivity index (χ2n) is 7.01. The van der Waals surface area contributed by atoms with Gasteiger partial charge in [0.15, 0.2) is 5.69 Å². The summed E-state index contributed by atoms with van der Waals surface area (Å²) < 4.78 is 32.8. The zero-order valence-electron chi connectivity index (χ0n) is 15.0. The normalized spacial score (nSPS) is 23.5. The van der Waals surface area contributed by atoms with Crippen LogP contribution in [0.3, 0.4) is 0 Å². The summed E-state index contributed by atoms with van der Waals surface area (Å²) in [5.74, 6) is 0.0504. The molecule has 3 rings (SSSR count). The van der Waals surface area contributed by atoms with Crippen molar-refractivity contribution in [1.82, 2.24) is 14.3 Å². The molecule has 8 heteroatoms. The molecule has 140 valence electrons. The van der Waals surface area contributed by atoms with E-state index < -0.39 is 16.0 Å². The lowest BCUT2D eigenvalue weighted by Gasteiger charge is -2.37. The lowest BCUT2D eigenvalue weighted by atomic mass is 10.0. The predicted molar refractivity (Wildman–Crippen MR) is 93.8 cm³/mol. The first-order chi connectivity index (χ1) is 11.9. The monoisotopic (exact) mass is 369 g/mol. The molecule has 0 bridgehead atoms. The van der Waals surface area contributed by atoms with E-state index in [0.29, 0.717) is 18.1 Å². The lowest BCUT2D eigenvalue weighted by molar-refractivity contribution is 0.0593. The van der Waals surface area contributed by atoms with Gasteiger partial charge in [-0.2, -0.15) is 4.31 Å². The lowest BCUT2D eigenvalue weighted by Crippen LogP contribution is -2.44. The van der Waals surface area contributed by atoms with Crippen LogP contribution in [0, 0.1) is 6.92 Å². The third kappa shape index (κ3) is 3.60. The number of rotatable bonds is 4. The molecule has 0 spiro atoms. The van der Waals surface area contributed by atoms with Gasteiger partial charge in [-0.15, -0.1) is 0 Å². The maximum atomic E-state index is 13.2. The Balaban J connectivity index is 1.90. The van der Waals surface area contributed by atoms with Gasteiger partial charge in [0, 0.05) is 12.2 Å². The van der Waals surface area contributed by atoms with E-state index in [-0.39, 0.29) is 17.0 Å². The third-order valence-corrected chi connectivity index (χ3v) is 7.76. The van der Waals surface area contributed by atoms with Crippen LogP contribution in [0.4, 0.5) is 0 Å². The molecule has 1 N–H and O–H groups in total. The first-order valence-corrected chi connectivity index (χ1v) is 10.6. The number of nitrogens with one attached hydrogen (secondary N) is 1. The number of aryl methyl sites for hydroxylation is 1. The Morgan fingerprint density at radius 3 is 2.52 bits per heavy atom. The molecule has 1 unspecified atom stereocenters. The molecular weight excluding hydrogens is 342 g/mol. The summed E-state index contributed by atoms with van der Waals surface area (Å²) in [4.78, 5) is 19.3. The minimum Gasteiger partial charge on any atom is -0.464 e. The average Bonchev–Trinajstić information content (AvgIpc) is 3.03. The van der Waals surface area contributed by atoms with Gasteiger partial charge in [-0.05, 0) is 32.6 Å². The van der Waals surface area contributed by atoms with Gasteiger partial charge in [-0.1, -0.05) is 25.7 Å². The number of nitrogens with zero attached hydrogens (tertiary/aromatic N) is 2. The van der Waals surface area contributed by atoms with Crippen LogP contribution < -0.4 is 0 Å². The van der Waals surface area contributed by atoms with Gasteiger partial charge in [0.25, 0.3) is 0 Å². The highest BCUT2D eigenvalue weighted by atomic mass is 32.2. The molecule has 0 amide bonds. The van der Waals surface area contributed by atoms with Gasteiger partial charge < -0.3 is 9.72 Å². The summed E-state index contributed by atoms with van der Waals surface area (Å²) >= 11 is 0. The van der Waals surface area contributed by atoms with E-state index in [1.807, 2.05) is 0 Å². The first-order valence-electron chi connectivity index (χ1n) is 9.10. The van der Waals surface area contributed by atoms with Crippen LogP contribution in [0.25, 0.3) is 0 Å². The van der Waals surface area contributed by atoms with E-state index in [0.717, 1.165) is 51.4 Å². The van der Waals surface area contributed by atoms with Crippen molar-refractivity contribution in [2.75, 3.05) is 13.7 Å². The number of carbonyl (C=O) groups is 1. The van der Waals surface area contributed by atoms with Crippen LogP contribution in [0.5, 0.6) is 0 Å². The van der Waals surface area contributed by atoms with Crippen LogP contribution in [0.2, 0.25) is 0 Å². The second kappa shape index (κ2) is 7.45. The number of carbonyl (C=O) groups excluding carboxylic acids is 1. The fraction of sp³-hybridized carbons (Fsp3) is 0.765. The van der Waals surface area contributed by atoms with Crippen molar-refractivity contribution >= 4 is 16.0 Å². The van der Waals surface area contributed by atoms with E-state index in [1.54, 1.807) is 11.2 Å². The van der Waals surface area contributed by atoms with Crippen molar-refractivity contribution in [2.45, 2.75) is 69.6 Å². The molecule has 1 aromatic rings. The van der Waals surface area contributed by atoms with Gasteiger partial charge in [0.2, 0.25) is 10.0 Å². The summed E-state index contributed by atoms with van der Waals surface area (Å²) in [5.41, 5.74) is 0.848. The summed E-state index contributed by atoms with van der Waals surface area (Å²) in [6, 6.07) is -0.321. The number of methoxy groups -OCH3 is 1. The molecule has 1 atom stereocenters. The summed E-state index contributed by atoms with van der Waals surface area (Å²) in [7, 11) is -2.04. The minimum atomic E-state index is -3.35. The van der Waals surface area contributed by atoms with Crippen LogP contribution in [-0.4, -0.2) is 47.6 Å². The molecule has 2 fully saturated rings. The number of imidazole rings is 1. The third-order valence-electron chi connectivity index (χ3n) is 5.35. The van der Waals surface area contributed by atoms with Crippen LogP contribution in [0.15, 0.2) is 0 Å². The number of hydrogen-bond donors (Lipinski definition) is 1. The smallest absolute Gasteiger partial charge is 0.358 e. The number of H-pyrrole nitrogens is 1. The van der Waals surface area contributed by atoms with E-state index >= 15 is 0 Å². The fourth-order valence-electron chi connectivity index (χ4n) is 3.97. The van der Waals surface area contributed by atoms with Crippen molar-refractivity contribution < 1.29 is 17.9 Å². The summed E-state index contributed by atoms with van der Waals surface area (Å²) in [5, 5.41) is -0.280. The molecule has 0 aromatic carbocycles. The molecule has 1 saturated carbocycles. The molecular formula is C17H27N3O4S. The standard InChI is InChI=1S/C17H27N3O4S/c1-12-15(17(21)24-2)19-16(18-12)14-10-6-7-11-20(14)25(22,23)13-8-4-3-5-9-13/h13-14H,3-11H2,1-2H3,(H,18,19). The average molecular weight is 369 g/mol. The fourth-order valence-corrected chi connectivity index (χ4v) is 6.23. The first kappa shape index (κ1) is 18.4. The quantitative estimate of drug-likeness (QED) is 0.824. The highest BCUT2D eigenvalue weighted by molar-refractivity contribution is 7.89. The molecule has 1 aliphatic heterocycles. The van der Waals surface area contributed by atoms with E-state index in [4.69, 9.17) is 4.74 Å². The Morgan fingerprint density at radius 2 is 1.84 bits per heavy atom. The second-order valence-corrected chi connectivity index (χ2v) is 9.18. The highest BCUT2D eigenvalue weighted by Gasteiger charge is 2.40. The summed E-state index contributed by atoms with van der Waals surface area (Å²) in [6.07, 6.45) is 7.12. The van der Waals surface area contributed by atoms with Crippen LogP contribution >= 0.6 is 0 Å². The number of aromatic nitrogens is 2. The highest BCUT2D eigenvalue weighted by Crippen LogP contribution is 2.36. The molecule has 1 aliphatic carbocycles. The van der Waals surface area contributed by atoms with Crippen molar-refractivity contribution in [2.24, 2.45) is 0 Å². The minimum absolute atomic E-state index is 0.234. The van der Waals surface area contributed by atoms with Crippen molar-refractivity contribution in [3.63, 3.8) is 0 Å². The number of sulfonamides is 1. The zero-order valence-corrected chi connectivity index (χ0v) is 15.8. The van der Waals surface area contributed by atoms with E-state index in [2.05, 4.69) is 9.97 Å². The zero-order chi connectivity index (χ0) is 18.0. The Bertz CT molecular complexity index is 722. The van der Waals surface area contributed by atoms with Gasteiger partial charge in [0.1, 0.15) is 5.82 Å². The Kier molecular flexibility index (Phi) is 5.48. The predicted octanol–water partition coefficient (Wildman–Crippen LogP) is 2.69. The van der Waals surface area contributed by atoms with Crippen molar-refractivity contribution in [3.8, 4) is 0 Å². The van der Waals surface area contributed by atoms with Crippen LogP contribution in [-0.2, 0) is 14.8 Å². The number of hydrogen-bond acceptors (Lipinski definition) is 5. The Morgan fingerprint density at radius 1 is 1.16 bits per heavy atom. The molecule has 1 saturated heterocycles. The Hall–Kier alpha value is -1.41. The summed E-state index contributed by atoms with van der Waals surface area (Å²) in [6.45, 7) is 2.28. The molecule has 0 radical (unpaired) electrons. The van der Waals surface area contributed by atoms with Gasteiger partial charge >= 0.3 is 5.97 Å². The van der Waals surface area contributed by atoms with Crippen molar-refractivity contribution in [3.05, 3.63) is 17.2 Å². The molecule has 7 nitrogen and oxygen atoms in total. The molecule has 2 aliphatic rings. The van der Waals surface area contributed by atoms with Crippen molar-refractivity contribution in [1.29, 1.82) is 0 Å². The maximum absolute atomic E-state index is 13.2. The largest absolute Gasteiger partial charge is 0.464 e. The molecule has 1 aromatic heterocycles. The number of aromatic amines is 1. The van der Waals surface area contributed by atoms with Crippen LogP contribution in [0.1, 0.15) is 79.4 Å². The number of piperidine rings is 1. The topological polar surface area (TPSA) is 92.4 Å². The SMILES string of the molecule is COC(=O)c1nc(C2CCCCN2S(=O)(=O)C2CCCCC2)[nH]c1C. The van der Waals surface area contributed by atoms with Gasteiger partial charge in [0.05, 0.1) is 18.4 Å². The molecule has 2 heterocycles. The Labute approximate surface area is 149 Å². The van der Waals surface area contributed by atoms with Gasteiger partial charge in [-0.3, -0.25) is 0 Å². The number of esters is 1. The molecule has 25 heavy (non-hydrogen) atoms. The van der Waals surface area contributed by atoms with Gasteiger partial charge in [-0.25, -0.2) is 18.2 Å². The van der Waals surface area contributed by atoms with E-state index in [1.165, 1.54) is 7.11 Å².